The van der Waals surface area contributed by atoms with Crippen molar-refractivity contribution in [2.45, 2.75) is 26.8 Å². The van der Waals surface area contributed by atoms with Crippen molar-refractivity contribution in [1.29, 1.82) is 0 Å². The number of pyridine rings is 1. The summed E-state index contributed by atoms with van der Waals surface area (Å²) < 4.78 is 45.9. The van der Waals surface area contributed by atoms with Gasteiger partial charge in [0, 0.05) is 35.9 Å². The number of alkyl halides is 3. The van der Waals surface area contributed by atoms with E-state index in [1.165, 1.54) is 31.5 Å². The first-order chi connectivity index (χ1) is 13.6. The van der Waals surface area contributed by atoms with Gasteiger partial charge in [0.15, 0.2) is 0 Å². The van der Waals surface area contributed by atoms with Gasteiger partial charge in [-0.15, -0.1) is 13.2 Å². The second kappa shape index (κ2) is 9.26. The number of carbonyl (C=O) groups is 2. The molecule has 0 aliphatic rings. The molecule has 0 spiro atoms. The molecule has 156 valence electrons. The molecular weight excluding hydrogens is 391 g/mol. The molecule has 0 unspecified atom stereocenters. The first-order valence-electron chi connectivity index (χ1n) is 8.57. The monoisotopic (exact) mass is 411 g/mol. The number of hydrogen-bond donors (Lipinski definition) is 2. The number of carbonyl (C=O) groups excluding carboxylic acids is 2. The minimum atomic E-state index is -4.81. The molecule has 10 heteroatoms. The number of halogens is 3. The van der Waals surface area contributed by atoms with Gasteiger partial charge < -0.3 is 20.1 Å². The Balaban J connectivity index is 2.06. The molecule has 2 rings (SSSR count). The number of benzene rings is 1. The van der Waals surface area contributed by atoms with Crippen molar-refractivity contribution < 1.29 is 32.2 Å². The van der Waals surface area contributed by atoms with Gasteiger partial charge >= 0.3 is 6.36 Å². The Morgan fingerprint density at radius 3 is 2.52 bits per heavy atom. The van der Waals surface area contributed by atoms with Gasteiger partial charge in [0.1, 0.15) is 17.3 Å². The summed E-state index contributed by atoms with van der Waals surface area (Å²) in [5.74, 6) is -0.990. The molecular formula is C19H20F3N3O4. The molecule has 0 aliphatic carbocycles. The lowest BCUT2D eigenvalue weighted by atomic mass is 10.1. The summed E-state index contributed by atoms with van der Waals surface area (Å²) in [6.07, 6.45) is -3.43. The lowest BCUT2D eigenvalue weighted by Gasteiger charge is -2.14. The second-order valence-corrected chi connectivity index (χ2v) is 6.28. The predicted octanol–water partition coefficient (Wildman–Crippen LogP) is 3.51. The van der Waals surface area contributed by atoms with Crippen LogP contribution in [0, 0.1) is 5.92 Å². The van der Waals surface area contributed by atoms with Crippen LogP contribution >= 0.6 is 0 Å². The number of methoxy groups -OCH3 is 1. The highest BCUT2D eigenvalue weighted by molar-refractivity contribution is 5.96. The average molecular weight is 411 g/mol. The highest BCUT2D eigenvalue weighted by atomic mass is 19.4. The van der Waals surface area contributed by atoms with Gasteiger partial charge in [-0.25, -0.2) is 4.98 Å². The zero-order valence-electron chi connectivity index (χ0n) is 16.0. The van der Waals surface area contributed by atoms with Gasteiger partial charge in [0.05, 0.1) is 7.11 Å². The molecule has 0 atom stereocenters. The van der Waals surface area contributed by atoms with Crippen molar-refractivity contribution in [2.24, 2.45) is 5.92 Å². The number of anilines is 1. The Labute approximate surface area is 165 Å². The van der Waals surface area contributed by atoms with Gasteiger partial charge in [0.25, 0.3) is 5.91 Å². The van der Waals surface area contributed by atoms with Crippen molar-refractivity contribution in [3.8, 4) is 11.5 Å². The van der Waals surface area contributed by atoms with E-state index >= 15 is 0 Å². The van der Waals surface area contributed by atoms with Gasteiger partial charge in [-0.1, -0.05) is 13.8 Å². The largest absolute Gasteiger partial charge is 0.573 e. The van der Waals surface area contributed by atoms with E-state index in [4.69, 9.17) is 4.74 Å². The van der Waals surface area contributed by atoms with Gasteiger partial charge in [-0.05, 0) is 24.3 Å². The molecule has 1 heterocycles. The molecule has 0 saturated heterocycles. The van der Waals surface area contributed by atoms with Crippen LogP contribution in [0.3, 0.4) is 0 Å². The van der Waals surface area contributed by atoms with Crippen LogP contribution in [0.4, 0.5) is 19.0 Å². The van der Waals surface area contributed by atoms with E-state index < -0.39 is 18.0 Å². The molecule has 0 radical (unpaired) electrons. The Kier molecular flexibility index (Phi) is 7.03. The number of ether oxygens (including phenoxy) is 2. The minimum Gasteiger partial charge on any atom is -0.496 e. The number of amides is 2. The third kappa shape index (κ3) is 6.66. The summed E-state index contributed by atoms with van der Waals surface area (Å²) in [4.78, 5) is 28.1. The molecule has 0 aliphatic heterocycles. The first-order valence-corrected chi connectivity index (χ1v) is 8.57. The number of rotatable bonds is 7. The van der Waals surface area contributed by atoms with E-state index in [0.29, 0.717) is 5.56 Å². The third-order valence-electron chi connectivity index (χ3n) is 3.73. The lowest BCUT2D eigenvalue weighted by Crippen LogP contribution is -2.24. The number of nitrogens with one attached hydrogen (secondary N) is 2. The highest BCUT2D eigenvalue weighted by Crippen LogP contribution is 2.29. The van der Waals surface area contributed by atoms with Gasteiger partial charge in [-0.2, -0.15) is 0 Å². The summed E-state index contributed by atoms with van der Waals surface area (Å²) in [5, 5.41) is 5.24. The number of hydrogen-bond acceptors (Lipinski definition) is 5. The minimum absolute atomic E-state index is 0.00428. The molecule has 0 fully saturated rings. The van der Waals surface area contributed by atoms with Crippen molar-refractivity contribution in [3.05, 3.63) is 47.7 Å². The van der Waals surface area contributed by atoms with Crippen LogP contribution in [-0.2, 0) is 11.3 Å². The van der Waals surface area contributed by atoms with Crippen LogP contribution in [-0.4, -0.2) is 30.3 Å². The van der Waals surface area contributed by atoms with Crippen LogP contribution in [0.2, 0.25) is 0 Å². The van der Waals surface area contributed by atoms with Crippen LogP contribution in [0.25, 0.3) is 0 Å². The SMILES string of the molecule is COc1cc(OC(F)(F)F)ccc1CNC(=O)c1ccnc(NC(=O)C(C)C)c1. The highest BCUT2D eigenvalue weighted by Gasteiger charge is 2.31. The van der Waals surface area contributed by atoms with Gasteiger partial charge in [0.2, 0.25) is 5.91 Å². The summed E-state index contributed by atoms with van der Waals surface area (Å²) in [5.41, 5.74) is 0.716. The Bertz CT molecular complexity index is 885. The van der Waals surface area contributed by atoms with Crippen LogP contribution in [0.5, 0.6) is 11.5 Å². The zero-order chi connectivity index (χ0) is 21.6. The predicted molar refractivity (Wildman–Crippen MR) is 98.6 cm³/mol. The third-order valence-corrected chi connectivity index (χ3v) is 3.73. The maximum Gasteiger partial charge on any atom is 0.573 e. The average Bonchev–Trinajstić information content (AvgIpc) is 2.65. The van der Waals surface area contributed by atoms with E-state index in [0.717, 1.165) is 12.1 Å². The quantitative estimate of drug-likeness (QED) is 0.728. The first kappa shape index (κ1) is 22.0. The molecule has 1 aromatic carbocycles. The normalized spacial score (nSPS) is 11.1. The zero-order valence-corrected chi connectivity index (χ0v) is 16.0. The summed E-state index contributed by atoms with van der Waals surface area (Å²) in [6, 6.07) is 6.47. The fourth-order valence-electron chi connectivity index (χ4n) is 2.26. The van der Waals surface area contributed by atoms with Crippen LogP contribution < -0.4 is 20.1 Å². The molecule has 29 heavy (non-hydrogen) atoms. The van der Waals surface area contributed by atoms with E-state index in [-0.39, 0.29) is 35.5 Å². The summed E-state index contributed by atoms with van der Waals surface area (Å²) in [7, 11) is 1.30. The summed E-state index contributed by atoms with van der Waals surface area (Å²) >= 11 is 0. The van der Waals surface area contributed by atoms with E-state index in [1.807, 2.05) is 0 Å². The molecule has 0 bridgehead atoms. The van der Waals surface area contributed by atoms with E-state index in [2.05, 4.69) is 20.4 Å². The molecule has 2 N–H and O–H groups in total. The molecule has 7 nitrogen and oxygen atoms in total. The van der Waals surface area contributed by atoms with Crippen molar-refractivity contribution >= 4 is 17.6 Å². The number of aromatic nitrogens is 1. The second-order valence-electron chi connectivity index (χ2n) is 6.28. The Hall–Kier alpha value is -3.30. The smallest absolute Gasteiger partial charge is 0.496 e. The van der Waals surface area contributed by atoms with Crippen molar-refractivity contribution in [1.82, 2.24) is 10.3 Å². The fourth-order valence-corrected chi connectivity index (χ4v) is 2.26. The standard InChI is InChI=1S/C19H20F3N3O4/c1-11(2)17(26)25-16-8-12(6-7-23-16)18(27)24-10-13-4-5-14(9-15(13)28-3)29-19(20,21)22/h4-9,11H,10H2,1-3H3,(H,24,27)(H,23,25,26). The molecule has 0 saturated carbocycles. The van der Waals surface area contributed by atoms with Crippen molar-refractivity contribution in [2.75, 3.05) is 12.4 Å². The van der Waals surface area contributed by atoms with E-state index in [9.17, 15) is 22.8 Å². The number of nitrogens with zero attached hydrogens (tertiary/aromatic N) is 1. The molecule has 1 aromatic heterocycles. The van der Waals surface area contributed by atoms with Crippen molar-refractivity contribution in [3.63, 3.8) is 0 Å². The van der Waals surface area contributed by atoms with E-state index in [1.54, 1.807) is 13.8 Å². The summed E-state index contributed by atoms with van der Waals surface area (Å²) in [6.45, 7) is 3.46. The molecule has 2 amide bonds. The Morgan fingerprint density at radius 2 is 1.90 bits per heavy atom. The van der Waals surface area contributed by atoms with Gasteiger partial charge in [-0.3, -0.25) is 9.59 Å². The van der Waals surface area contributed by atoms with Crippen LogP contribution in [0.15, 0.2) is 36.5 Å². The Morgan fingerprint density at radius 1 is 1.17 bits per heavy atom. The van der Waals surface area contributed by atoms with Crippen LogP contribution in [0.1, 0.15) is 29.8 Å². The maximum atomic E-state index is 12.4. The maximum absolute atomic E-state index is 12.4. The molecule has 2 aromatic rings. The lowest BCUT2D eigenvalue weighted by molar-refractivity contribution is -0.274. The topological polar surface area (TPSA) is 89.6 Å². The fraction of sp³-hybridized carbons (Fsp3) is 0.316.